The molecule has 0 radical (unpaired) electrons. The number of carbonyl (C=O) groups is 1. The van der Waals surface area contributed by atoms with Crippen LogP contribution < -0.4 is 0 Å². The molecule has 0 amide bonds. The molecule has 0 aromatic heterocycles. The number of unbranched alkanes of at least 4 members (excludes halogenated alkanes) is 1. The molecule has 0 aromatic rings. The SMILES string of the molecule is C[C@H](C[C@H](O)CCCC[C@@H](O)CC(=O)O)O[C@@H]1O[C@@H](C)[C@H](O)C[C@H]1O. The first-order valence-corrected chi connectivity index (χ1v) is 8.94. The molecule has 0 bridgehead atoms. The average molecular weight is 364 g/mol. The maximum Gasteiger partial charge on any atom is 0.305 e. The van der Waals surface area contributed by atoms with Crippen LogP contribution in [0.2, 0.25) is 0 Å². The highest BCUT2D eigenvalue weighted by Gasteiger charge is 2.35. The third kappa shape index (κ3) is 8.94. The molecule has 0 saturated carbocycles. The van der Waals surface area contributed by atoms with Crippen molar-refractivity contribution in [3.05, 3.63) is 0 Å². The van der Waals surface area contributed by atoms with Crippen molar-refractivity contribution in [2.24, 2.45) is 0 Å². The molecule has 7 atom stereocenters. The molecule has 5 N–H and O–H groups in total. The van der Waals surface area contributed by atoms with Crippen molar-refractivity contribution in [2.45, 2.75) is 102 Å². The fraction of sp³-hybridized carbons (Fsp3) is 0.941. The van der Waals surface area contributed by atoms with E-state index in [0.29, 0.717) is 32.1 Å². The number of aliphatic hydroxyl groups is 4. The van der Waals surface area contributed by atoms with Gasteiger partial charge in [-0.05, 0) is 33.1 Å². The minimum absolute atomic E-state index is 0.194. The van der Waals surface area contributed by atoms with Gasteiger partial charge in [-0.2, -0.15) is 0 Å². The molecular weight excluding hydrogens is 332 g/mol. The van der Waals surface area contributed by atoms with Gasteiger partial charge in [0.1, 0.15) is 6.10 Å². The topological polar surface area (TPSA) is 137 Å². The van der Waals surface area contributed by atoms with Crippen LogP contribution >= 0.6 is 0 Å². The van der Waals surface area contributed by atoms with Crippen LogP contribution in [-0.4, -0.2) is 74.4 Å². The molecular formula is C17H32O8. The number of carboxylic acids is 1. The normalized spacial score (nSPS) is 30.6. The second-order valence-corrected chi connectivity index (χ2v) is 6.95. The lowest BCUT2D eigenvalue weighted by atomic mass is 10.0. The van der Waals surface area contributed by atoms with Gasteiger partial charge in [0.2, 0.25) is 0 Å². The molecule has 25 heavy (non-hydrogen) atoms. The average Bonchev–Trinajstić information content (AvgIpc) is 2.48. The van der Waals surface area contributed by atoms with Gasteiger partial charge in [0.05, 0.1) is 36.9 Å². The standard InChI is InChI=1S/C17H32O8/c1-10(24-17-15(21)9-14(20)11(2)25-17)7-12(18)5-3-4-6-13(19)8-16(22)23/h10-15,17-21H,3-9H2,1-2H3,(H,22,23)/t10-,11+,12-,13-,14-,15-,17-/m1/s1. The van der Waals surface area contributed by atoms with E-state index in [1.165, 1.54) is 0 Å². The van der Waals surface area contributed by atoms with Crippen LogP contribution in [0.3, 0.4) is 0 Å². The van der Waals surface area contributed by atoms with Gasteiger partial charge in [0, 0.05) is 6.42 Å². The number of aliphatic carboxylic acids is 1. The van der Waals surface area contributed by atoms with Crippen molar-refractivity contribution in [3.8, 4) is 0 Å². The molecule has 8 heteroatoms. The van der Waals surface area contributed by atoms with Crippen LogP contribution in [0.1, 0.15) is 58.8 Å². The van der Waals surface area contributed by atoms with E-state index in [1.54, 1.807) is 13.8 Å². The van der Waals surface area contributed by atoms with Gasteiger partial charge in [-0.25, -0.2) is 0 Å². The van der Waals surface area contributed by atoms with Gasteiger partial charge >= 0.3 is 5.97 Å². The summed E-state index contributed by atoms with van der Waals surface area (Å²) in [5, 5.41) is 47.6. The van der Waals surface area contributed by atoms with Gasteiger partial charge < -0.3 is 35.0 Å². The zero-order chi connectivity index (χ0) is 19.0. The van der Waals surface area contributed by atoms with Gasteiger partial charge in [0.25, 0.3) is 0 Å². The van der Waals surface area contributed by atoms with E-state index in [1.807, 2.05) is 0 Å². The Labute approximate surface area is 148 Å². The first-order valence-electron chi connectivity index (χ1n) is 8.94. The van der Waals surface area contributed by atoms with E-state index in [9.17, 15) is 25.2 Å². The van der Waals surface area contributed by atoms with Crippen LogP contribution in [0.15, 0.2) is 0 Å². The summed E-state index contributed by atoms with van der Waals surface area (Å²) in [7, 11) is 0. The second kappa shape index (κ2) is 11.1. The Morgan fingerprint density at radius 2 is 1.76 bits per heavy atom. The molecule has 0 aromatic carbocycles. The predicted molar refractivity (Wildman–Crippen MR) is 88.9 cm³/mol. The van der Waals surface area contributed by atoms with Crippen molar-refractivity contribution < 1.29 is 39.8 Å². The highest BCUT2D eigenvalue weighted by Crippen LogP contribution is 2.23. The third-order valence-corrected chi connectivity index (χ3v) is 4.39. The molecule has 8 nitrogen and oxygen atoms in total. The zero-order valence-corrected chi connectivity index (χ0v) is 15.0. The lowest BCUT2D eigenvalue weighted by Crippen LogP contribution is -2.48. The highest BCUT2D eigenvalue weighted by atomic mass is 16.7. The van der Waals surface area contributed by atoms with Crippen LogP contribution in [-0.2, 0) is 14.3 Å². The first-order chi connectivity index (χ1) is 11.7. The van der Waals surface area contributed by atoms with E-state index in [2.05, 4.69) is 0 Å². The van der Waals surface area contributed by atoms with Crippen LogP contribution in [0.25, 0.3) is 0 Å². The third-order valence-electron chi connectivity index (χ3n) is 4.39. The van der Waals surface area contributed by atoms with E-state index in [-0.39, 0.29) is 18.9 Å². The summed E-state index contributed by atoms with van der Waals surface area (Å²) >= 11 is 0. The fourth-order valence-electron chi connectivity index (χ4n) is 2.91. The van der Waals surface area contributed by atoms with E-state index >= 15 is 0 Å². The van der Waals surface area contributed by atoms with Crippen LogP contribution in [0.5, 0.6) is 0 Å². The zero-order valence-electron chi connectivity index (χ0n) is 15.0. The maximum absolute atomic E-state index is 10.4. The molecule has 1 aliphatic heterocycles. The minimum atomic E-state index is -1.02. The lowest BCUT2D eigenvalue weighted by Gasteiger charge is -2.36. The quantitative estimate of drug-likeness (QED) is 0.332. The van der Waals surface area contributed by atoms with Gasteiger partial charge in [-0.1, -0.05) is 12.8 Å². The Kier molecular flexibility index (Phi) is 9.84. The molecule has 1 rings (SSSR count). The minimum Gasteiger partial charge on any atom is -0.481 e. The van der Waals surface area contributed by atoms with Crippen molar-refractivity contribution in [1.82, 2.24) is 0 Å². The van der Waals surface area contributed by atoms with Gasteiger partial charge in [-0.15, -0.1) is 0 Å². The number of aliphatic hydroxyl groups excluding tert-OH is 4. The molecule has 0 spiro atoms. The molecule has 1 fully saturated rings. The maximum atomic E-state index is 10.4. The van der Waals surface area contributed by atoms with Gasteiger partial charge in [0.15, 0.2) is 6.29 Å². The predicted octanol–water partition coefficient (Wildman–Crippen LogP) is 0.395. The van der Waals surface area contributed by atoms with Crippen molar-refractivity contribution >= 4 is 5.97 Å². The lowest BCUT2D eigenvalue weighted by molar-refractivity contribution is -0.275. The summed E-state index contributed by atoms with van der Waals surface area (Å²) in [6.45, 7) is 3.50. The fourth-order valence-corrected chi connectivity index (χ4v) is 2.91. The van der Waals surface area contributed by atoms with Crippen LogP contribution in [0.4, 0.5) is 0 Å². The second-order valence-electron chi connectivity index (χ2n) is 6.95. The molecule has 0 unspecified atom stereocenters. The Hall–Kier alpha value is -0.770. The smallest absolute Gasteiger partial charge is 0.305 e. The van der Waals surface area contributed by atoms with Crippen LogP contribution in [0, 0.1) is 0 Å². The Morgan fingerprint density at radius 1 is 1.16 bits per heavy atom. The Bertz CT molecular complexity index is 391. The first kappa shape index (κ1) is 22.3. The molecule has 1 heterocycles. The molecule has 0 aliphatic carbocycles. The molecule has 148 valence electrons. The summed E-state index contributed by atoms with van der Waals surface area (Å²) in [5.41, 5.74) is 0. The summed E-state index contributed by atoms with van der Waals surface area (Å²) < 4.78 is 11.1. The Morgan fingerprint density at radius 3 is 2.36 bits per heavy atom. The summed E-state index contributed by atoms with van der Waals surface area (Å²) in [6.07, 6.45) is -2.06. The van der Waals surface area contributed by atoms with Gasteiger partial charge in [-0.3, -0.25) is 4.79 Å². The summed E-state index contributed by atoms with van der Waals surface area (Å²) in [6, 6.07) is 0. The van der Waals surface area contributed by atoms with E-state index in [4.69, 9.17) is 14.6 Å². The number of hydrogen-bond acceptors (Lipinski definition) is 7. The largest absolute Gasteiger partial charge is 0.481 e. The van der Waals surface area contributed by atoms with Crippen molar-refractivity contribution in [3.63, 3.8) is 0 Å². The highest BCUT2D eigenvalue weighted by molar-refractivity contribution is 5.67. The molecule has 1 aliphatic rings. The van der Waals surface area contributed by atoms with Crippen molar-refractivity contribution in [2.75, 3.05) is 0 Å². The van der Waals surface area contributed by atoms with E-state index in [0.717, 1.165) is 0 Å². The van der Waals surface area contributed by atoms with E-state index < -0.39 is 42.8 Å². The number of ether oxygens (including phenoxy) is 2. The number of rotatable bonds is 11. The summed E-state index contributed by atoms with van der Waals surface area (Å²) in [4.78, 5) is 10.4. The Balaban J connectivity index is 2.19. The number of carboxylic acid groups (broad SMARTS) is 1. The molecule has 1 saturated heterocycles. The number of hydrogen-bond donors (Lipinski definition) is 5. The van der Waals surface area contributed by atoms with Crippen molar-refractivity contribution in [1.29, 1.82) is 0 Å². The monoisotopic (exact) mass is 364 g/mol. The summed E-state index contributed by atoms with van der Waals surface area (Å²) in [5.74, 6) is -1.02.